The first kappa shape index (κ1) is 17.1. The number of rotatable bonds is 0. The first-order chi connectivity index (χ1) is 1.41. The van der Waals surface area contributed by atoms with Gasteiger partial charge in [0.2, 0.25) is 0 Å². The first-order valence-electron chi connectivity index (χ1n) is 1.15. The van der Waals surface area contributed by atoms with Crippen LogP contribution in [-0.4, -0.2) is 23.1 Å². The van der Waals surface area contributed by atoms with E-state index in [0.29, 0.717) is 0 Å². The smallest absolute Gasteiger partial charge is 0.358 e. The summed E-state index contributed by atoms with van der Waals surface area (Å²) in [7, 11) is 0. The van der Waals surface area contributed by atoms with Gasteiger partial charge in [0.25, 0.3) is 0 Å². The zero-order chi connectivity index (χ0) is 2.71. The molecule has 0 fully saturated rings. The van der Waals surface area contributed by atoms with Crippen molar-refractivity contribution < 1.29 is 0 Å². The first-order valence-corrected chi connectivity index (χ1v) is 1.15. The molecule has 0 aromatic carbocycles. The van der Waals surface area contributed by atoms with Gasteiger partial charge in [0.1, 0.15) is 0 Å². The summed E-state index contributed by atoms with van der Waals surface area (Å²) < 4.78 is 0. The normalized spacial score (nSPS) is 3.60. The van der Waals surface area contributed by atoms with Crippen LogP contribution in [0, 0.1) is 13.8 Å². The molecule has 0 aromatic rings. The Hall–Kier alpha value is 0.766. The second kappa shape index (κ2) is 21.7. The van der Waals surface area contributed by atoms with Crippen LogP contribution in [0.3, 0.4) is 0 Å². The number of hydrogen-bond acceptors (Lipinski definition) is 0. The molecule has 0 N–H and O–H groups in total. The average Bonchev–Trinajstić information content (AvgIpc) is 0.918. The Morgan fingerprint density at radius 3 is 1.20 bits per heavy atom. The van der Waals surface area contributed by atoms with E-state index in [9.17, 15) is 0 Å². The minimum absolute atomic E-state index is 0. The zero-order valence-corrected chi connectivity index (χ0v) is 5.70. The van der Waals surface area contributed by atoms with Crippen molar-refractivity contribution in [3.63, 3.8) is 0 Å². The Morgan fingerprint density at radius 2 is 1.20 bits per heavy atom. The van der Waals surface area contributed by atoms with E-state index in [1.165, 1.54) is 0 Å². The molecule has 0 aliphatic heterocycles. The molecule has 0 amide bonds. The number of hydrogen-bond donors (Lipinski definition) is 0. The standard InChI is InChI=1S/C3H7.CH3.Mg/c1-3-2;;/h3H,1-2H3;1H3;/q2*-1;+2. The fourth-order valence-corrected chi connectivity index (χ4v) is 0. The SMILES string of the molecule is C[CH-]C.[CH3-].[Mg+2]. The summed E-state index contributed by atoms with van der Waals surface area (Å²) in [5.41, 5.74) is 0. The maximum absolute atomic E-state index is 2.00. The minimum atomic E-state index is 0. The molecule has 5 heavy (non-hydrogen) atoms. The Balaban J connectivity index is -0.0000000200. The van der Waals surface area contributed by atoms with E-state index in [1.807, 2.05) is 20.3 Å². The molecule has 1 heteroatoms. The van der Waals surface area contributed by atoms with Gasteiger partial charge in [-0.3, -0.25) is 0 Å². The van der Waals surface area contributed by atoms with E-state index in [-0.39, 0.29) is 30.5 Å². The molecule has 0 rings (SSSR count). The van der Waals surface area contributed by atoms with Gasteiger partial charge in [0.15, 0.2) is 0 Å². The monoisotopic (exact) mass is 82.1 g/mol. The van der Waals surface area contributed by atoms with Gasteiger partial charge >= 0.3 is 23.1 Å². The van der Waals surface area contributed by atoms with E-state index >= 15 is 0 Å². The van der Waals surface area contributed by atoms with Crippen LogP contribution in [0.25, 0.3) is 0 Å². The van der Waals surface area contributed by atoms with Gasteiger partial charge in [-0.15, -0.1) is 0 Å². The van der Waals surface area contributed by atoms with E-state index in [2.05, 4.69) is 0 Å². The Kier molecular flexibility index (Phi) is 74.2. The average molecular weight is 82.4 g/mol. The Morgan fingerprint density at radius 1 is 1.20 bits per heavy atom. The van der Waals surface area contributed by atoms with Gasteiger partial charge in [-0.05, 0) is 0 Å². The molecule has 0 bridgehead atoms. The van der Waals surface area contributed by atoms with E-state index < -0.39 is 0 Å². The fraction of sp³-hybridized carbons (Fsp3) is 0.500. The molecular formula is C4H10Mg. The minimum Gasteiger partial charge on any atom is -0.358 e. The van der Waals surface area contributed by atoms with Crippen LogP contribution in [0.15, 0.2) is 0 Å². The summed E-state index contributed by atoms with van der Waals surface area (Å²) in [5.74, 6) is 0. The third-order valence-corrected chi connectivity index (χ3v) is 0. The Labute approximate surface area is 51.1 Å². The summed E-state index contributed by atoms with van der Waals surface area (Å²) in [6, 6.07) is 0. The largest absolute Gasteiger partial charge is 2.00 e. The van der Waals surface area contributed by atoms with Gasteiger partial charge in [-0.2, -0.15) is 13.8 Å². The molecule has 0 aliphatic rings. The van der Waals surface area contributed by atoms with Gasteiger partial charge in [-0.1, -0.05) is 0 Å². The van der Waals surface area contributed by atoms with Crippen molar-refractivity contribution in [3.05, 3.63) is 13.8 Å². The van der Waals surface area contributed by atoms with Crippen LogP contribution in [0.2, 0.25) is 0 Å². The van der Waals surface area contributed by atoms with Crippen LogP contribution >= 0.6 is 0 Å². The van der Waals surface area contributed by atoms with E-state index in [4.69, 9.17) is 0 Å². The third-order valence-electron chi connectivity index (χ3n) is 0. The summed E-state index contributed by atoms with van der Waals surface area (Å²) in [6.45, 7) is 4.00. The summed E-state index contributed by atoms with van der Waals surface area (Å²) >= 11 is 0. The van der Waals surface area contributed by atoms with Crippen molar-refractivity contribution in [3.8, 4) is 0 Å². The van der Waals surface area contributed by atoms with E-state index in [0.717, 1.165) is 0 Å². The predicted molar refractivity (Wildman–Crippen MR) is 27.8 cm³/mol. The summed E-state index contributed by atoms with van der Waals surface area (Å²) in [6.07, 6.45) is 2.00. The van der Waals surface area contributed by atoms with Crippen molar-refractivity contribution in [1.82, 2.24) is 0 Å². The van der Waals surface area contributed by atoms with E-state index in [1.54, 1.807) is 0 Å². The molecule has 0 aromatic heterocycles. The second-order valence-electron chi connectivity index (χ2n) is 0.577. The molecule has 0 saturated carbocycles. The van der Waals surface area contributed by atoms with Crippen LogP contribution in [0.5, 0.6) is 0 Å². The van der Waals surface area contributed by atoms with Crippen molar-refractivity contribution in [2.45, 2.75) is 13.8 Å². The molecule has 28 valence electrons. The van der Waals surface area contributed by atoms with Crippen molar-refractivity contribution in [2.24, 2.45) is 0 Å². The molecule has 0 radical (unpaired) electrons. The van der Waals surface area contributed by atoms with Gasteiger partial charge < -0.3 is 13.8 Å². The van der Waals surface area contributed by atoms with Gasteiger partial charge in [-0.25, -0.2) is 0 Å². The van der Waals surface area contributed by atoms with Gasteiger partial charge in [0, 0.05) is 0 Å². The van der Waals surface area contributed by atoms with Gasteiger partial charge in [0.05, 0.1) is 0 Å². The maximum atomic E-state index is 2.00. The second-order valence-corrected chi connectivity index (χ2v) is 0.577. The molecular weight excluding hydrogens is 72.3 g/mol. The van der Waals surface area contributed by atoms with Crippen LogP contribution < -0.4 is 0 Å². The van der Waals surface area contributed by atoms with Crippen molar-refractivity contribution >= 4 is 23.1 Å². The molecule has 0 nitrogen and oxygen atoms in total. The molecule has 0 spiro atoms. The topological polar surface area (TPSA) is 0 Å². The predicted octanol–water partition coefficient (Wildman–Crippen LogP) is 1.30. The van der Waals surface area contributed by atoms with Crippen LogP contribution in [0.4, 0.5) is 0 Å². The fourth-order valence-electron chi connectivity index (χ4n) is 0. The quantitative estimate of drug-likeness (QED) is 0.305. The third kappa shape index (κ3) is 62.1. The molecule has 0 atom stereocenters. The zero-order valence-electron chi connectivity index (χ0n) is 4.28. The molecule has 0 saturated heterocycles. The Bertz CT molecular complexity index is 3.61. The summed E-state index contributed by atoms with van der Waals surface area (Å²) in [4.78, 5) is 0. The molecule has 0 heterocycles. The van der Waals surface area contributed by atoms with Crippen LogP contribution in [-0.2, 0) is 0 Å². The van der Waals surface area contributed by atoms with Crippen molar-refractivity contribution in [2.75, 3.05) is 0 Å². The van der Waals surface area contributed by atoms with Crippen molar-refractivity contribution in [1.29, 1.82) is 0 Å². The van der Waals surface area contributed by atoms with Crippen LogP contribution in [0.1, 0.15) is 13.8 Å². The maximum Gasteiger partial charge on any atom is 2.00 e. The molecule has 0 unspecified atom stereocenters. The molecule has 0 aliphatic carbocycles. The summed E-state index contributed by atoms with van der Waals surface area (Å²) in [5, 5.41) is 0.